The number of benzene rings is 1. The van der Waals surface area contributed by atoms with E-state index in [0.717, 1.165) is 12.1 Å². The van der Waals surface area contributed by atoms with E-state index in [9.17, 15) is 4.79 Å². The molecule has 0 aromatic heterocycles. The summed E-state index contributed by atoms with van der Waals surface area (Å²) in [6.07, 6.45) is 1.11. The molecule has 1 rings (SSSR count). The number of nitrogens with one attached hydrogen (secondary N) is 1. The molecule has 0 heterocycles. The van der Waals surface area contributed by atoms with Gasteiger partial charge in [0.05, 0.1) is 5.41 Å². The molecule has 3 N–H and O–H groups in total. The zero-order valence-corrected chi connectivity index (χ0v) is 13.6. The molecule has 0 aliphatic heterocycles. The predicted molar refractivity (Wildman–Crippen MR) is 85.8 cm³/mol. The van der Waals surface area contributed by atoms with Gasteiger partial charge in [-0.3, -0.25) is 4.79 Å². The number of rotatable bonds is 5. The average Bonchev–Trinajstić information content (AvgIpc) is 2.37. The second kappa shape index (κ2) is 5.96. The summed E-state index contributed by atoms with van der Waals surface area (Å²) in [4.78, 5) is 12.4. The molecule has 112 valence electrons. The number of amides is 1. The Morgan fingerprint density at radius 1 is 1.20 bits per heavy atom. The van der Waals surface area contributed by atoms with Crippen molar-refractivity contribution in [1.82, 2.24) is 0 Å². The van der Waals surface area contributed by atoms with E-state index < -0.39 is 11.0 Å². The van der Waals surface area contributed by atoms with Gasteiger partial charge in [0, 0.05) is 11.2 Å². The molecule has 1 aromatic carbocycles. The van der Waals surface area contributed by atoms with Crippen molar-refractivity contribution >= 4 is 11.6 Å². The van der Waals surface area contributed by atoms with E-state index in [1.54, 1.807) is 0 Å². The Hall–Kier alpha value is -1.35. The molecule has 1 atom stereocenters. The molecule has 1 unspecified atom stereocenters. The van der Waals surface area contributed by atoms with E-state index >= 15 is 0 Å². The molecule has 3 heteroatoms. The van der Waals surface area contributed by atoms with Crippen molar-refractivity contribution in [3.05, 3.63) is 29.8 Å². The van der Waals surface area contributed by atoms with Crippen LogP contribution in [0.1, 0.15) is 59.4 Å². The van der Waals surface area contributed by atoms with Crippen molar-refractivity contribution in [2.45, 2.75) is 59.4 Å². The van der Waals surface area contributed by atoms with Gasteiger partial charge in [0.1, 0.15) is 0 Å². The topological polar surface area (TPSA) is 55.1 Å². The first-order valence-corrected chi connectivity index (χ1v) is 7.30. The van der Waals surface area contributed by atoms with E-state index in [2.05, 4.69) is 31.3 Å². The third-order valence-corrected chi connectivity index (χ3v) is 4.53. The SMILES string of the molecule is CCC(C)c1ccc(NC(=O)C(C)(C)C(C)(C)N)cc1. The fraction of sp³-hybridized carbons (Fsp3) is 0.588. The normalized spacial score (nSPS) is 13.9. The number of hydrogen-bond donors (Lipinski definition) is 2. The van der Waals surface area contributed by atoms with E-state index in [4.69, 9.17) is 5.73 Å². The van der Waals surface area contributed by atoms with Crippen LogP contribution in [-0.4, -0.2) is 11.4 Å². The number of hydrogen-bond acceptors (Lipinski definition) is 2. The van der Waals surface area contributed by atoms with Crippen molar-refractivity contribution in [2.75, 3.05) is 5.32 Å². The van der Waals surface area contributed by atoms with E-state index in [-0.39, 0.29) is 5.91 Å². The lowest BCUT2D eigenvalue weighted by molar-refractivity contribution is -0.126. The van der Waals surface area contributed by atoms with Crippen LogP contribution >= 0.6 is 0 Å². The molecule has 0 fully saturated rings. The van der Waals surface area contributed by atoms with Crippen molar-refractivity contribution in [3.63, 3.8) is 0 Å². The molecule has 0 aliphatic rings. The second-order valence-corrected chi connectivity index (χ2v) is 6.73. The standard InChI is InChI=1S/C17H28N2O/c1-7-12(2)13-8-10-14(11-9-13)19-15(20)16(3,4)17(5,6)18/h8-12H,7,18H2,1-6H3,(H,19,20). The summed E-state index contributed by atoms with van der Waals surface area (Å²) in [7, 11) is 0. The van der Waals surface area contributed by atoms with Gasteiger partial charge in [-0.25, -0.2) is 0 Å². The molecule has 3 nitrogen and oxygen atoms in total. The molecule has 0 spiro atoms. The van der Waals surface area contributed by atoms with Gasteiger partial charge in [-0.2, -0.15) is 0 Å². The van der Waals surface area contributed by atoms with Crippen LogP contribution in [0.4, 0.5) is 5.69 Å². The van der Waals surface area contributed by atoms with E-state index in [0.29, 0.717) is 5.92 Å². The van der Waals surface area contributed by atoms with Crippen LogP contribution in [0, 0.1) is 5.41 Å². The molecule has 0 saturated heterocycles. The Balaban J connectivity index is 2.82. The lowest BCUT2D eigenvalue weighted by atomic mass is 9.74. The Morgan fingerprint density at radius 2 is 1.70 bits per heavy atom. The summed E-state index contributed by atoms with van der Waals surface area (Å²) in [6, 6.07) is 8.06. The van der Waals surface area contributed by atoms with E-state index in [1.165, 1.54) is 5.56 Å². The lowest BCUT2D eigenvalue weighted by Crippen LogP contribution is -2.53. The molecule has 0 radical (unpaired) electrons. The molecular weight excluding hydrogens is 248 g/mol. The van der Waals surface area contributed by atoms with Crippen molar-refractivity contribution < 1.29 is 4.79 Å². The Bertz CT molecular complexity index is 455. The van der Waals surface area contributed by atoms with Crippen LogP contribution in [0.2, 0.25) is 0 Å². The summed E-state index contributed by atoms with van der Waals surface area (Å²) >= 11 is 0. The van der Waals surface area contributed by atoms with Crippen molar-refractivity contribution in [1.29, 1.82) is 0 Å². The molecule has 0 bridgehead atoms. The van der Waals surface area contributed by atoms with Gasteiger partial charge in [-0.15, -0.1) is 0 Å². The first-order valence-electron chi connectivity index (χ1n) is 7.30. The van der Waals surface area contributed by atoms with Crippen molar-refractivity contribution in [2.24, 2.45) is 11.1 Å². The summed E-state index contributed by atoms with van der Waals surface area (Å²) in [5.74, 6) is 0.487. The molecule has 0 saturated carbocycles. The molecular formula is C17H28N2O. The van der Waals surface area contributed by atoms with Gasteiger partial charge in [-0.05, 0) is 57.7 Å². The first kappa shape index (κ1) is 16.7. The highest BCUT2D eigenvalue weighted by molar-refractivity contribution is 5.95. The minimum Gasteiger partial charge on any atom is -0.326 e. The molecule has 0 aliphatic carbocycles. The van der Waals surface area contributed by atoms with Crippen LogP contribution in [0.15, 0.2) is 24.3 Å². The minimum absolute atomic E-state index is 0.0544. The fourth-order valence-corrected chi connectivity index (χ4v) is 1.71. The largest absolute Gasteiger partial charge is 0.326 e. The van der Waals surface area contributed by atoms with Crippen LogP contribution in [-0.2, 0) is 4.79 Å². The Labute approximate surface area is 122 Å². The highest BCUT2D eigenvalue weighted by Crippen LogP contribution is 2.30. The zero-order chi connectivity index (χ0) is 15.6. The maximum Gasteiger partial charge on any atom is 0.231 e. The van der Waals surface area contributed by atoms with Gasteiger partial charge < -0.3 is 11.1 Å². The monoisotopic (exact) mass is 276 g/mol. The van der Waals surface area contributed by atoms with Crippen LogP contribution in [0.25, 0.3) is 0 Å². The van der Waals surface area contributed by atoms with Gasteiger partial charge in [-0.1, -0.05) is 26.0 Å². The minimum atomic E-state index is -0.637. The number of carbonyl (C=O) groups is 1. The van der Waals surface area contributed by atoms with E-state index in [1.807, 2.05) is 39.8 Å². The van der Waals surface area contributed by atoms with Crippen LogP contribution < -0.4 is 11.1 Å². The average molecular weight is 276 g/mol. The molecule has 20 heavy (non-hydrogen) atoms. The summed E-state index contributed by atoms with van der Waals surface area (Å²) in [5.41, 5.74) is 6.99. The zero-order valence-electron chi connectivity index (χ0n) is 13.6. The smallest absolute Gasteiger partial charge is 0.231 e. The van der Waals surface area contributed by atoms with Gasteiger partial charge in [0.25, 0.3) is 0 Å². The first-order chi connectivity index (χ1) is 9.09. The highest BCUT2D eigenvalue weighted by atomic mass is 16.2. The summed E-state index contributed by atoms with van der Waals surface area (Å²) < 4.78 is 0. The van der Waals surface area contributed by atoms with Gasteiger partial charge >= 0.3 is 0 Å². The van der Waals surface area contributed by atoms with Gasteiger partial charge in [0.2, 0.25) is 5.91 Å². The Kier molecular flexibility index (Phi) is 4.98. The Morgan fingerprint density at radius 3 is 2.10 bits per heavy atom. The molecule has 1 aromatic rings. The lowest BCUT2D eigenvalue weighted by Gasteiger charge is -2.36. The summed E-state index contributed by atoms with van der Waals surface area (Å²) in [5, 5.41) is 2.95. The fourth-order valence-electron chi connectivity index (χ4n) is 1.71. The second-order valence-electron chi connectivity index (χ2n) is 6.73. The van der Waals surface area contributed by atoms with Gasteiger partial charge in [0.15, 0.2) is 0 Å². The third kappa shape index (κ3) is 3.60. The molecule has 1 amide bonds. The number of anilines is 1. The number of carbonyl (C=O) groups excluding carboxylic acids is 1. The maximum atomic E-state index is 12.4. The quantitative estimate of drug-likeness (QED) is 0.857. The highest BCUT2D eigenvalue weighted by Gasteiger charge is 2.40. The maximum absolute atomic E-state index is 12.4. The van der Waals surface area contributed by atoms with Crippen LogP contribution in [0.3, 0.4) is 0 Å². The predicted octanol–water partition coefficient (Wildman–Crippen LogP) is 3.90. The van der Waals surface area contributed by atoms with Crippen LogP contribution in [0.5, 0.6) is 0 Å². The summed E-state index contributed by atoms with van der Waals surface area (Å²) in [6.45, 7) is 11.9. The third-order valence-electron chi connectivity index (χ3n) is 4.53. The van der Waals surface area contributed by atoms with Crippen molar-refractivity contribution in [3.8, 4) is 0 Å². The number of nitrogens with two attached hydrogens (primary N) is 1.